The fourth-order valence-electron chi connectivity index (χ4n) is 5.20. The highest BCUT2D eigenvalue weighted by molar-refractivity contribution is 7.92. The van der Waals surface area contributed by atoms with Gasteiger partial charge in [0, 0.05) is 67.4 Å². The zero-order valence-electron chi connectivity index (χ0n) is 19.5. The number of likely N-dealkylation sites (N-methyl/N-ethyl adjacent to an activating group) is 2. The molecule has 0 unspecified atom stereocenters. The summed E-state index contributed by atoms with van der Waals surface area (Å²) in [5, 5.41) is 0.580. The number of likely N-dealkylation sites (tertiary alicyclic amines) is 1. The second kappa shape index (κ2) is 8.07. The van der Waals surface area contributed by atoms with E-state index in [1.54, 1.807) is 48.8 Å². The first-order valence-corrected chi connectivity index (χ1v) is 13.1. The van der Waals surface area contributed by atoms with Crippen molar-refractivity contribution < 1.29 is 12.8 Å². The molecule has 0 aliphatic carbocycles. The Bertz CT molecular complexity index is 1550. The van der Waals surface area contributed by atoms with Gasteiger partial charge in [-0.2, -0.15) is 0 Å². The maximum Gasteiger partial charge on any atom is 0.261 e. The van der Waals surface area contributed by atoms with Crippen molar-refractivity contribution in [2.24, 2.45) is 0 Å². The first-order valence-electron chi connectivity index (χ1n) is 11.6. The van der Waals surface area contributed by atoms with E-state index in [0.29, 0.717) is 27.8 Å². The molecule has 2 aromatic carbocycles. The number of hydrogen-bond acceptors (Lipinski definition) is 5. The third-order valence-electron chi connectivity index (χ3n) is 7.11. The highest BCUT2D eigenvalue weighted by atomic mass is 32.2. The minimum atomic E-state index is -3.87. The van der Waals surface area contributed by atoms with Crippen molar-refractivity contribution in [1.29, 1.82) is 0 Å². The van der Waals surface area contributed by atoms with Gasteiger partial charge in [-0.1, -0.05) is 18.2 Å². The molecule has 2 N–H and O–H groups in total. The summed E-state index contributed by atoms with van der Waals surface area (Å²) in [6.45, 7) is 2.44. The molecule has 6 rings (SSSR count). The number of nitrogens with zero attached hydrogens (tertiary/aromatic N) is 3. The third kappa shape index (κ3) is 3.66. The minimum Gasteiger partial charge on any atom is -0.374 e. The summed E-state index contributed by atoms with van der Waals surface area (Å²) in [5.41, 5.74) is 4.77. The summed E-state index contributed by atoms with van der Waals surface area (Å²) in [4.78, 5) is 12.2. The first kappa shape index (κ1) is 22.1. The lowest BCUT2D eigenvalue weighted by molar-refractivity contribution is 0.190. The van der Waals surface area contributed by atoms with Gasteiger partial charge in [-0.05, 0) is 43.3 Å². The molecular formula is C26H26FN5O2S. The van der Waals surface area contributed by atoms with E-state index >= 15 is 4.39 Å². The minimum absolute atomic E-state index is 0.129. The molecule has 2 aliphatic rings. The molecule has 7 nitrogen and oxygen atoms in total. The van der Waals surface area contributed by atoms with Crippen LogP contribution in [0.3, 0.4) is 0 Å². The van der Waals surface area contributed by atoms with Gasteiger partial charge in [0.15, 0.2) is 0 Å². The standard InChI is InChI=1S/C26H26FN5O2S/c1-31-14-17(15-31)20-12-28-26-24(25(20)30-35(33,34)18-6-4-3-5-7-18)21(13-29-26)19-11-23-16(10-22(19)27)8-9-32(23)2/h3-7,10-13,17H,8-9,14-15H2,1-2H3,(H2,28,29,30). The number of aromatic amines is 1. The molecule has 0 radical (unpaired) electrons. The number of halogens is 1. The van der Waals surface area contributed by atoms with Crippen LogP contribution in [0.25, 0.3) is 22.2 Å². The lowest BCUT2D eigenvalue weighted by Crippen LogP contribution is -2.42. The van der Waals surface area contributed by atoms with E-state index in [1.165, 1.54) is 0 Å². The Hall–Kier alpha value is -3.43. The summed E-state index contributed by atoms with van der Waals surface area (Å²) in [5.74, 6) is -0.199. The van der Waals surface area contributed by atoms with Gasteiger partial charge >= 0.3 is 0 Å². The number of pyridine rings is 1. The van der Waals surface area contributed by atoms with Crippen LogP contribution in [-0.2, 0) is 16.4 Å². The van der Waals surface area contributed by atoms with Gasteiger partial charge in [0.2, 0.25) is 0 Å². The first-order chi connectivity index (χ1) is 16.8. The lowest BCUT2D eigenvalue weighted by Gasteiger charge is -2.37. The van der Waals surface area contributed by atoms with Gasteiger partial charge in [-0.15, -0.1) is 0 Å². The Morgan fingerprint density at radius 3 is 2.63 bits per heavy atom. The van der Waals surface area contributed by atoms with E-state index < -0.39 is 10.0 Å². The molecule has 0 atom stereocenters. The van der Waals surface area contributed by atoms with E-state index in [1.807, 2.05) is 20.2 Å². The molecule has 2 aromatic heterocycles. The zero-order valence-corrected chi connectivity index (χ0v) is 20.4. The summed E-state index contributed by atoms with van der Waals surface area (Å²) in [6.07, 6.45) is 4.25. The van der Waals surface area contributed by atoms with Crippen LogP contribution in [0.1, 0.15) is 17.0 Å². The number of hydrogen-bond donors (Lipinski definition) is 2. The van der Waals surface area contributed by atoms with Gasteiger partial charge < -0.3 is 14.8 Å². The monoisotopic (exact) mass is 491 g/mol. The molecule has 180 valence electrons. The predicted molar refractivity (Wildman–Crippen MR) is 136 cm³/mol. The molecule has 0 saturated carbocycles. The summed E-state index contributed by atoms with van der Waals surface area (Å²) >= 11 is 0. The molecule has 0 amide bonds. The molecule has 1 saturated heterocycles. The Balaban J connectivity index is 1.56. The normalized spacial score (nSPS) is 16.5. The number of fused-ring (bicyclic) bond motifs is 2. The smallest absolute Gasteiger partial charge is 0.261 e. The second-order valence-corrected chi connectivity index (χ2v) is 11.2. The fraction of sp³-hybridized carbons (Fsp3) is 0.269. The topological polar surface area (TPSA) is 81.3 Å². The van der Waals surface area contributed by atoms with Gasteiger partial charge in [0.05, 0.1) is 16.0 Å². The Kier molecular flexibility index (Phi) is 5.08. The van der Waals surface area contributed by atoms with Crippen molar-refractivity contribution in [1.82, 2.24) is 14.9 Å². The van der Waals surface area contributed by atoms with Gasteiger partial charge in [0.1, 0.15) is 11.5 Å². The molecule has 4 aromatic rings. The van der Waals surface area contributed by atoms with Crippen molar-refractivity contribution in [3.8, 4) is 11.1 Å². The quantitative estimate of drug-likeness (QED) is 0.438. The molecule has 0 spiro atoms. The highest BCUT2D eigenvalue weighted by Crippen LogP contribution is 2.43. The maximum absolute atomic E-state index is 15.4. The molecule has 9 heteroatoms. The van der Waals surface area contributed by atoms with E-state index in [2.05, 4.69) is 24.5 Å². The number of sulfonamides is 1. The van der Waals surface area contributed by atoms with Crippen LogP contribution in [0.15, 0.2) is 59.8 Å². The Morgan fingerprint density at radius 2 is 1.89 bits per heavy atom. The predicted octanol–water partition coefficient (Wildman–Crippen LogP) is 4.19. The van der Waals surface area contributed by atoms with E-state index in [-0.39, 0.29) is 16.6 Å². The van der Waals surface area contributed by atoms with Gasteiger partial charge in [-0.3, -0.25) is 4.72 Å². The SMILES string of the molecule is CN1CC(c2cnc3[nH]cc(-c4cc5c(cc4F)CCN5C)c3c2NS(=O)(=O)c2ccccc2)C1. The molecule has 35 heavy (non-hydrogen) atoms. The second-order valence-electron chi connectivity index (χ2n) is 9.48. The average Bonchev–Trinajstić information content (AvgIpc) is 3.41. The van der Waals surface area contributed by atoms with Crippen molar-refractivity contribution in [3.05, 3.63) is 71.8 Å². The maximum atomic E-state index is 15.4. The van der Waals surface area contributed by atoms with Gasteiger partial charge in [-0.25, -0.2) is 17.8 Å². The van der Waals surface area contributed by atoms with E-state index in [4.69, 9.17) is 0 Å². The Labute approximate surface area is 203 Å². The van der Waals surface area contributed by atoms with Crippen LogP contribution in [0.4, 0.5) is 15.8 Å². The largest absolute Gasteiger partial charge is 0.374 e. The van der Waals surface area contributed by atoms with Crippen molar-refractivity contribution in [2.75, 3.05) is 43.4 Å². The van der Waals surface area contributed by atoms with E-state index in [9.17, 15) is 8.42 Å². The average molecular weight is 492 g/mol. The summed E-state index contributed by atoms with van der Waals surface area (Å²) in [6, 6.07) is 11.7. The van der Waals surface area contributed by atoms with Crippen molar-refractivity contribution in [3.63, 3.8) is 0 Å². The van der Waals surface area contributed by atoms with Crippen LogP contribution < -0.4 is 9.62 Å². The number of H-pyrrole nitrogens is 1. The summed E-state index contributed by atoms with van der Waals surface area (Å²) in [7, 11) is 0.146. The molecule has 1 fully saturated rings. The van der Waals surface area contributed by atoms with Crippen LogP contribution in [0, 0.1) is 5.82 Å². The lowest BCUT2D eigenvalue weighted by atomic mass is 9.90. The molecule has 0 bridgehead atoms. The molecule has 2 aliphatic heterocycles. The number of benzene rings is 2. The number of anilines is 2. The number of rotatable bonds is 5. The summed E-state index contributed by atoms with van der Waals surface area (Å²) < 4.78 is 45.0. The third-order valence-corrected chi connectivity index (χ3v) is 8.48. The van der Waals surface area contributed by atoms with Gasteiger partial charge in [0.25, 0.3) is 10.0 Å². The number of aromatic nitrogens is 2. The Morgan fingerprint density at radius 1 is 1.11 bits per heavy atom. The molecular weight excluding hydrogens is 465 g/mol. The zero-order chi connectivity index (χ0) is 24.3. The van der Waals surface area contributed by atoms with Crippen molar-refractivity contribution >= 4 is 32.4 Å². The van der Waals surface area contributed by atoms with Crippen LogP contribution in [0.2, 0.25) is 0 Å². The molecule has 4 heterocycles. The van der Waals surface area contributed by atoms with Crippen molar-refractivity contribution in [2.45, 2.75) is 17.2 Å². The van der Waals surface area contributed by atoms with Crippen LogP contribution >= 0.6 is 0 Å². The fourth-order valence-corrected chi connectivity index (χ4v) is 6.33. The van der Waals surface area contributed by atoms with Crippen LogP contribution in [-0.4, -0.2) is 57.0 Å². The number of nitrogens with one attached hydrogen (secondary N) is 2. The highest BCUT2D eigenvalue weighted by Gasteiger charge is 2.31. The van der Waals surface area contributed by atoms with Crippen LogP contribution in [0.5, 0.6) is 0 Å². The van der Waals surface area contributed by atoms with E-state index in [0.717, 1.165) is 42.9 Å².